The minimum absolute atomic E-state index is 0.348. The molecular weight excluding hydrogens is 217 g/mol. The minimum atomic E-state index is -0.834. The van der Waals surface area contributed by atoms with Crippen molar-refractivity contribution >= 4 is 0 Å². The fraction of sp³-hybridized carbons (Fsp3) is 0.214. The van der Waals surface area contributed by atoms with E-state index in [0.29, 0.717) is 11.1 Å². The van der Waals surface area contributed by atoms with Gasteiger partial charge < -0.3 is 5.11 Å². The maximum absolute atomic E-state index is 13.1. The fourth-order valence-electron chi connectivity index (χ4n) is 1.84. The van der Waals surface area contributed by atoms with E-state index < -0.39 is 6.10 Å². The summed E-state index contributed by atoms with van der Waals surface area (Å²) in [7, 11) is 0. The summed E-state index contributed by atoms with van der Waals surface area (Å²) < 4.78 is 13.1. The summed E-state index contributed by atoms with van der Waals surface area (Å²) in [6, 6.07) is 9.65. The van der Waals surface area contributed by atoms with Crippen LogP contribution in [0.3, 0.4) is 0 Å². The first-order valence-corrected chi connectivity index (χ1v) is 5.45. The van der Waals surface area contributed by atoms with Crippen LogP contribution in [-0.4, -0.2) is 10.1 Å². The Bertz CT molecular complexity index is 539. The molecule has 3 heteroatoms. The number of aryl methyl sites for hydroxylation is 2. The maximum atomic E-state index is 13.1. The first-order valence-electron chi connectivity index (χ1n) is 5.45. The van der Waals surface area contributed by atoms with Gasteiger partial charge in [-0.25, -0.2) is 4.39 Å². The molecule has 1 heterocycles. The minimum Gasteiger partial charge on any atom is -0.384 e. The second kappa shape index (κ2) is 4.63. The second-order valence-corrected chi connectivity index (χ2v) is 4.08. The molecule has 0 bridgehead atoms. The van der Waals surface area contributed by atoms with Gasteiger partial charge in [0, 0.05) is 17.0 Å². The van der Waals surface area contributed by atoms with E-state index in [-0.39, 0.29) is 5.82 Å². The van der Waals surface area contributed by atoms with Gasteiger partial charge in [-0.1, -0.05) is 18.2 Å². The number of nitrogens with zero attached hydrogens (tertiary/aromatic N) is 1. The highest BCUT2D eigenvalue weighted by Crippen LogP contribution is 2.24. The molecule has 0 aliphatic carbocycles. The molecule has 2 nitrogen and oxygen atoms in total. The molecule has 2 rings (SSSR count). The predicted octanol–water partition coefficient (Wildman–Crippen LogP) is 2.92. The molecular formula is C14H14FNO. The van der Waals surface area contributed by atoms with Crippen LogP contribution in [0.15, 0.2) is 36.4 Å². The number of benzene rings is 1. The Morgan fingerprint density at radius 3 is 2.59 bits per heavy atom. The van der Waals surface area contributed by atoms with Crippen LogP contribution >= 0.6 is 0 Å². The lowest BCUT2D eigenvalue weighted by Gasteiger charge is -2.14. The zero-order chi connectivity index (χ0) is 12.4. The standard InChI is InChI=1S/C14H14FNO/c1-9-6-7-13(10(2)16-9)14(17)11-4-3-5-12(15)8-11/h3-8,14,17H,1-2H3. The molecule has 1 aromatic heterocycles. The normalized spacial score (nSPS) is 12.5. The Morgan fingerprint density at radius 2 is 1.94 bits per heavy atom. The van der Waals surface area contributed by atoms with Crippen LogP contribution in [-0.2, 0) is 0 Å². The number of rotatable bonds is 2. The monoisotopic (exact) mass is 231 g/mol. The van der Waals surface area contributed by atoms with Crippen LogP contribution in [0, 0.1) is 19.7 Å². The fourth-order valence-corrected chi connectivity index (χ4v) is 1.84. The number of hydrogen-bond acceptors (Lipinski definition) is 2. The summed E-state index contributed by atoms with van der Waals surface area (Å²) in [6.45, 7) is 3.73. The molecule has 2 aromatic rings. The maximum Gasteiger partial charge on any atom is 0.123 e. The third-order valence-electron chi connectivity index (χ3n) is 2.72. The van der Waals surface area contributed by atoms with Gasteiger partial charge in [0.2, 0.25) is 0 Å². The number of hydrogen-bond donors (Lipinski definition) is 1. The van der Waals surface area contributed by atoms with Gasteiger partial charge in [0.1, 0.15) is 11.9 Å². The predicted molar refractivity (Wildman–Crippen MR) is 64.2 cm³/mol. The lowest BCUT2D eigenvalue weighted by Crippen LogP contribution is -2.04. The van der Waals surface area contributed by atoms with E-state index in [1.807, 2.05) is 26.0 Å². The number of aromatic nitrogens is 1. The number of halogens is 1. The van der Waals surface area contributed by atoms with Crippen molar-refractivity contribution < 1.29 is 9.50 Å². The lowest BCUT2D eigenvalue weighted by molar-refractivity contribution is 0.218. The average Bonchev–Trinajstić information content (AvgIpc) is 2.28. The van der Waals surface area contributed by atoms with E-state index in [4.69, 9.17) is 0 Å². The highest BCUT2D eigenvalue weighted by atomic mass is 19.1. The van der Waals surface area contributed by atoms with Crippen LogP contribution in [0.5, 0.6) is 0 Å². The Labute approximate surface area is 99.8 Å². The molecule has 1 aromatic carbocycles. The first-order chi connectivity index (χ1) is 8.08. The molecule has 0 aliphatic heterocycles. The summed E-state index contributed by atoms with van der Waals surface area (Å²) >= 11 is 0. The first kappa shape index (κ1) is 11.7. The Kier molecular flexibility index (Phi) is 3.20. The van der Waals surface area contributed by atoms with Crippen LogP contribution in [0.2, 0.25) is 0 Å². The molecule has 0 radical (unpaired) electrons. The van der Waals surface area contributed by atoms with E-state index in [1.165, 1.54) is 12.1 Å². The Morgan fingerprint density at radius 1 is 1.18 bits per heavy atom. The topological polar surface area (TPSA) is 33.1 Å². The van der Waals surface area contributed by atoms with Crippen molar-refractivity contribution in [1.82, 2.24) is 4.98 Å². The Hall–Kier alpha value is -1.74. The van der Waals surface area contributed by atoms with Crippen LogP contribution in [0.25, 0.3) is 0 Å². The molecule has 0 saturated heterocycles. The zero-order valence-corrected chi connectivity index (χ0v) is 9.81. The quantitative estimate of drug-likeness (QED) is 0.862. The molecule has 1 unspecified atom stereocenters. The molecule has 0 amide bonds. The summed E-state index contributed by atoms with van der Waals surface area (Å²) in [5.74, 6) is -0.348. The summed E-state index contributed by atoms with van der Waals surface area (Å²) in [4.78, 5) is 4.29. The number of aliphatic hydroxyl groups is 1. The molecule has 88 valence electrons. The Balaban J connectivity index is 2.40. The van der Waals surface area contributed by atoms with Gasteiger partial charge in [0.05, 0.1) is 0 Å². The van der Waals surface area contributed by atoms with Crippen molar-refractivity contribution in [1.29, 1.82) is 0 Å². The average molecular weight is 231 g/mol. The van der Waals surface area contributed by atoms with Gasteiger partial charge in [-0.2, -0.15) is 0 Å². The lowest BCUT2D eigenvalue weighted by atomic mass is 10.00. The van der Waals surface area contributed by atoms with E-state index in [1.54, 1.807) is 12.1 Å². The molecule has 0 saturated carbocycles. The van der Waals surface area contributed by atoms with Crippen LogP contribution in [0.4, 0.5) is 4.39 Å². The molecule has 1 atom stereocenters. The molecule has 1 N–H and O–H groups in total. The van der Waals surface area contributed by atoms with Crippen LogP contribution < -0.4 is 0 Å². The van der Waals surface area contributed by atoms with Gasteiger partial charge in [0.15, 0.2) is 0 Å². The number of pyridine rings is 1. The van der Waals surface area contributed by atoms with Crippen molar-refractivity contribution in [2.24, 2.45) is 0 Å². The summed E-state index contributed by atoms with van der Waals surface area (Å²) in [5, 5.41) is 10.2. The van der Waals surface area contributed by atoms with E-state index in [2.05, 4.69) is 4.98 Å². The van der Waals surface area contributed by atoms with Crippen LogP contribution in [0.1, 0.15) is 28.6 Å². The number of aliphatic hydroxyl groups excluding tert-OH is 1. The third kappa shape index (κ3) is 2.50. The summed E-state index contributed by atoms with van der Waals surface area (Å²) in [6.07, 6.45) is -0.834. The van der Waals surface area contributed by atoms with E-state index >= 15 is 0 Å². The SMILES string of the molecule is Cc1ccc(C(O)c2cccc(F)c2)c(C)n1. The molecule has 17 heavy (non-hydrogen) atoms. The van der Waals surface area contributed by atoms with E-state index in [0.717, 1.165) is 11.4 Å². The smallest absolute Gasteiger partial charge is 0.123 e. The van der Waals surface area contributed by atoms with Crippen molar-refractivity contribution in [3.63, 3.8) is 0 Å². The molecule has 0 aliphatic rings. The van der Waals surface area contributed by atoms with Gasteiger partial charge in [-0.15, -0.1) is 0 Å². The summed E-state index contributed by atoms with van der Waals surface area (Å²) in [5.41, 5.74) is 2.92. The van der Waals surface area contributed by atoms with Crippen molar-refractivity contribution in [3.8, 4) is 0 Å². The van der Waals surface area contributed by atoms with Gasteiger partial charge in [-0.05, 0) is 37.6 Å². The van der Waals surface area contributed by atoms with Crippen molar-refractivity contribution in [3.05, 3.63) is 64.7 Å². The second-order valence-electron chi connectivity index (χ2n) is 4.08. The largest absolute Gasteiger partial charge is 0.384 e. The van der Waals surface area contributed by atoms with E-state index in [9.17, 15) is 9.50 Å². The van der Waals surface area contributed by atoms with Crippen molar-refractivity contribution in [2.75, 3.05) is 0 Å². The van der Waals surface area contributed by atoms with Gasteiger partial charge in [0.25, 0.3) is 0 Å². The molecule has 0 spiro atoms. The van der Waals surface area contributed by atoms with Crippen molar-refractivity contribution in [2.45, 2.75) is 20.0 Å². The van der Waals surface area contributed by atoms with Gasteiger partial charge in [-0.3, -0.25) is 4.98 Å². The molecule has 0 fully saturated rings. The zero-order valence-electron chi connectivity index (χ0n) is 9.81. The third-order valence-corrected chi connectivity index (χ3v) is 2.72. The van der Waals surface area contributed by atoms with Gasteiger partial charge >= 0.3 is 0 Å². The highest BCUT2D eigenvalue weighted by Gasteiger charge is 2.14. The highest BCUT2D eigenvalue weighted by molar-refractivity contribution is 5.33.